The van der Waals surface area contributed by atoms with Crippen LogP contribution in [-0.2, 0) is 28.5 Å². The van der Waals surface area contributed by atoms with Crippen LogP contribution in [0.5, 0.6) is 0 Å². The normalized spacial score (nSPS) is 18.9. The lowest BCUT2D eigenvalue weighted by Crippen LogP contribution is -2.48. The highest BCUT2D eigenvalue weighted by molar-refractivity contribution is 9.10. The lowest BCUT2D eigenvalue weighted by molar-refractivity contribution is -0.151. The minimum Gasteiger partial charge on any atom is -0.465 e. The smallest absolute Gasteiger partial charge is 0.410 e. The number of nitrogens with one attached hydrogen (secondary N) is 3. The summed E-state index contributed by atoms with van der Waals surface area (Å²) in [6.45, 7) is 22.6. The Morgan fingerprint density at radius 1 is 0.592 bits per heavy atom. The molecule has 4 aromatic rings. The Bertz CT molecular complexity index is 2290. The van der Waals surface area contributed by atoms with Crippen molar-refractivity contribution in [3.05, 3.63) is 72.1 Å². The van der Waals surface area contributed by atoms with E-state index in [9.17, 15) is 19.2 Å². The van der Waals surface area contributed by atoms with Gasteiger partial charge in [-0.25, -0.2) is 9.59 Å². The third kappa shape index (κ3) is 16.7. The predicted octanol–water partition coefficient (Wildman–Crippen LogP) is 11.3. The lowest BCUT2D eigenvalue weighted by Gasteiger charge is -2.39. The van der Waals surface area contributed by atoms with Gasteiger partial charge in [0.1, 0.15) is 22.1 Å². The maximum absolute atomic E-state index is 13.0. The number of ether oxygens (including phenoxy) is 4. The molecule has 3 N–H and O–H groups in total. The monoisotopic (exact) mass is 1050 g/mol. The van der Waals surface area contributed by atoms with Crippen molar-refractivity contribution in [2.45, 2.75) is 154 Å². The summed E-state index contributed by atoms with van der Waals surface area (Å²) in [6, 6.07) is 16.9. The van der Waals surface area contributed by atoms with E-state index in [1.54, 1.807) is 16.7 Å². The number of benzene rings is 2. The number of rotatable bonds is 11. The van der Waals surface area contributed by atoms with Crippen molar-refractivity contribution in [1.29, 1.82) is 0 Å². The number of alkyl halides is 1. The lowest BCUT2D eigenvalue weighted by atomic mass is 9.86. The van der Waals surface area contributed by atoms with Crippen molar-refractivity contribution < 1.29 is 38.1 Å². The fourth-order valence-corrected chi connectivity index (χ4v) is 11.1. The zero-order valence-corrected chi connectivity index (χ0v) is 45.5. The van der Waals surface area contributed by atoms with E-state index in [2.05, 4.69) is 97.0 Å². The van der Waals surface area contributed by atoms with Crippen LogP contribution < -0.4 is 5.32 Å². The van der Waals surface area contributed by atoms with Crippen molar-refractivity contribution in [2.75, 3.05) is 65.6 Å². The van der Waals surface area contributed by atoms with E-state index in [1.165, 1.54) is 45.8 Å². The molecule has 392 valence electrons. The Labute approximate surface area is 431 Å². The van der Waals surface area contributed by atoms with Gasteiger partial charge >= 0.3 is 24.1 Å². The Morgan fingerprint density at radius 2 is 1.01 bits per heavy atom. The van der Waals surface area contributed by atoms with E-state index in [-0.39, 0.29) is 35.0 Å². The molecule has 0 bridgehead atoms. The molecule has 0 radical (unpaired) electrons. The molecule has 2 aromatic heterocycles. The van der Waals surface area contributed by atoms with E-state index >= 15 is 0 Å². The number of aromatic amines is 2. The van der Waals surface area contributed by atoms with Crippen molar-refractivity contribution >= 4 is 61.9 Å². The molecule has 6 heterocycles. The van der Waals surface area contributed by atoms with Crippen LogP contribution in [0, 0.1) is 11.8 Å². The first-order chi connectivity index (χ1) is 33.9. The number of para-hydroxylation sites is 2. The van der Waals surface area contributed by atoms with Crippen LogP contribution in [0.1, 0.15) is 143 Å². The number of hydrogen-bond donors (Lipinski definition) is 3. The number of fused-ring (bicyclic) bond motifs is 2. The second kappa shape index (κ2) is 26.4. The number of aromatic nitrogens is 2. The third-order valence-corrected chi connectivity index (χ3v) is 14.9. The van der Waals surface area contributed by atoms with Gasteiger partial charge in [0.05, 0.1) is 13.2 Å². The highest BCUT2D eigenvalue weighted by Crippen LogP contribution is 2.36. The molecule has 2 unspecified atom stereocenters. The predicted molar refractivity (Wildman–Crippen MR) is 285 cm³/mol. The molecule has 0 aliphatic carbocycles. The van der Waals surface area contributed by atoms with E-state index in [0.717, 1.165) is 83.5 Å². The van der Waals surface area contributed by atoms with Gasteiger partial charge in [-0.3, -0.25) is 14.5 Å². The summed E-state index contributed by atoms with van der Waals surface area (Å²) in [6.07, 6.45) is 13.6. The van der Waals surface area contributed by atoms with Gasteiger partial charge in [-0.1, -0.05) is 52.3 Å². The minimum absolute atomic E-state index is 0.104. The highest BCUT2D eigenvalue weighted by atomic mass is 79.9. The molecule has 0 spiro atoms. The summed E-state index contributed by atoms with van der Waals surface area (Å²) >= 11 is 3.38. The van der Waals surface area contributed by atoms with Crippen molar-refractivity contribution in [3.8, 4) is 0 Å². The van der Waals surface area contributed by atoms with E-state index < -0.39 is 11.2 Å². The molecule has 4 aliphatic rings. The number of hydrogen-bond acceptors (Lipinski definition) is 10. The van der Waals surface area contributed by atoms with Crippen LogP contribution in [-0.4, -0.2) is 136 Å². The second-order valence-electron chi connectivity index (χ2n) is 21.7. The Morgan fingerprint density at radius 3 is 1.46 bits per heavy atom. The number of esters is 2. The van der Waals surface area contributed by atoms with E-state index in [1.807, 2.05) is 48.5 Å². The average molecular weight is 1050 g/mol. The van der Waals surface area contributed by atoms with Gasteiger partial charge in [-0.05, 0) is 193 Å². The molecule has 2 amide bonds. The van der Waals surface area contributed by atoms with Crippen LogP contribution in [0.25, 0.3) is 21.8 Å². The summed E-state index contributed by atoms with van der Waals surface area (Å²) in [5.74, 6) is 1.76. The molecule has 2 atom stereocenters. The fraction of sp³-hybridized carbons (Fsp3) is 0.643. The van der Waals surface area contributed by atoms with Gasteiger partial charge in [-0.2, -0.15) is 0 Å². The van der Waals surface area contributed by atoms with Crippen LogP contribution in [0.3, 0.4) is 0 Å². The first kappa shape index (κ1) is 55.7. The van der Waals surface area contributed by atoms with Crippen LogP contribution >= 0.6 is 15.9 Å². The molecular weight excluding hydrogens is 965 g/mol. The molecule has 71 heavy (non-hydrogen) atoms. The van der Waals surface area contributed by atoms with Crippen molar-refractivity contribution in [3.63, 3.8) is 0 Å². The first-order valence-electron chi connectivity index (χ1n) is 26.4. The average Bonchev–Trinajstić information content (AvgIpc) is 3.99. The Balaban J connectivity index is 0.000000193. The van der Waals surface area contributed by atoms with Crippen LogP contribution in [0.2, 0.25) is 0 Å². The molecule has 2 aromatic carbocycles. The SMILES string of the molecule is CCOC(=O)C(Br)CC1CCN(C(=O)OC(C)(C)C)CC1.CCOC(=O)C(CC1CCN(C(=O)OC(C)(C)C)CC1)N1CCC(c2c[nH]c3ccccc23)CC1.c1ccc2c(C3CCNCC3)c[nH]c2c1. The first-order valence-corrected chi connectivity index (χ1v) is 27.3. The summed E-state index contributed by atoms with van der Waals surface area (Å²) < 4.78 is 21.4. The maximum atomic E-state index is 13.0. The number of halogens is 1. The standard InChI is InChI=1S/C28H41N3O4.C15H26BrNO4.C13H16N2/c1-5-34-26(32)25(18-20-10-14-31(15-11-20)27(33)35-28(2,3)4)30-16-12-21(13-17-30)23-19-29-24-9-7-6-8-22(23)24;1-5-20-13(18)12(16)10-11-6-8-17(9-7-11)14(19)21-15(2,3)4;1-2-4-13-11(3-1)12(9-15-13)10-5-7-14-8-6-10/h6-9,19-21,25,29H,5,10-18H2,1-4H3;11-12H,5-10H2,1-4H3;1-4,9-10,14-15H,5-8H2. The number of likely N-dealkylation sites (tertiary alicyclic amines) is 3. The quantitative estimate of drug-likeness (QED) is 0.0750. The van der Waals surface area contributed by atoms with Crippen molar-refractivity contribution in [2.24, 2.45) is 11.8 Å². The summed E-state index contributed by atoms with van der Waals surface area (Å²) in [7, 11) is 0. The number of nitrogens with zero attached hydrogens (tertiary/aromatic N) is 3. The summed E-state index contributed by atoms with van der Waals surface area (Å²) in [5, 5.41) is 6.13. The third-order valence-electron chi connectivity index (χ3n) is 14.2. The topological polar surface area (TPSA) is 159 Å². The molecule has 15 heteroatoms. The minimum atomic E-state index is -0.484. The van der Waals surface area contributed by atoms with Crippen LogP contribution in [0.4, 0.5) is 9.59 Å². The molecule has 4 saturated heterocycles. The Hall–Kier alpha value is -4.60. The van der Waals surface area contributed by atoms with E-state index in [0.29, 0.717) is 57.1 Å². The number of carbonyl (C=O) groups is 4. The van der Waals surface area contributed by atoms with Gasteiger partial charge < -0.3 is 44.0 Å². The second-order valence-corrected chi connectivity index (χ2v) is 22.8. The molecule has 0 saturated carbocycles. The number of amides is 2. The number of H-pyrrole nitrogens is 2. The fourth-order valence-electron chi connectivity index (χ4n) is 10.4. The maximum Gasteiger partial charge on any atom is 0.410 e. The molecule has 14 nitrogen and oxygen atoms in total. The van der Waals surface area contributed by atoms with Gasteiger partial charge in [0.25, 0.3) is 0 Å². The van der Waals surface area contributed by atoms with Gasteiger partial charge in [0.15, 0.2) is 0 Å². The van der Waals surface area contributed by atoms with Gasteiger partial charge in [0, 0.05) is 60.4 Å². The zero-order chi connectivity index (χ0) is 51.1. The Kier molecular flexibility index (Phi) is 20.7. The van der Waals surface area contributed by atoms with Crippen molar-refractivity contribution in [1.82, 2.24) is 30.0 Å². The largest absolute Gasteiger partial charge is 0.465 e. The summed E-state index contributed by atoms with van der Waals surface area (Å²) in [5.41, 5.74) is 4.41. The molecule has 4 fully saturated rings. The molecule has 8 rings (SSSR count). The number of piperidine rings is 4. The molecule has 4 aliphatic heterocycles. The van der Waals surface area contributed by atoms with Gasteiger partial charge in [0.2, 0.25) is 0 Å². The van der Waals surface area contributed by atoms with E-state index in [4.69, 9.17) is 18.9 Å². The zero-order valence-electron chi connectivity index (χ0n) is 43.9. The molecular formula is C56H83BrN6O8. The number of carbonyl (C=O) groups excluding carboxylic acids is 4. The highest BCUT2D eigenvalue weighted by Gasteiger charge is 2.36. The van der Waals surface area contributed by atoms with Gasteiger partial charge in [-0.15, -0.1) is 0 Å². The van der Waals surface area contributed by atoms with Crippen LogP contribution in [0.15, 0.2) is 60.9 Å². The summed E-state index contributed by atoms with van der Waals surface area (Å²) in [4.78, 5) is 61.3.